The molecular formula is C18H29NO. The number of benzene rings is 1. The maximum atomic E-state index is 6.33. The van der Waals surface area contributed by atoms with Crippen LogP contribution in [0.25, 0.3) is 0 Å². The Bertz CT molecular complexity index is 396. The fraction of sp³-hybridized carbons (Fsp3) is 0.667. The quantitative estimate of drug-likeness (QED) is 0.892. The lowest BCUT2D eigenvalue weighted by molar-refractivity contribution is -0.0898. The Morgan fingerprint density at radius 2 is 1.85 bits per heavy atom. The molecule has 1 N–H and O–H groups in total. The first-order chi connectivity index (χ1) is 9.49. The summed E-state index contributed by atoms with van der Waals surface area (Å²) in [5, 5.41) is 3.60. The summed E-state index contributed by atoms with van der Waals surface area (Å²) in [5.74, 6) is 0.637. The second kappa shape index (κ2) is 6.73. The zero-order valence-corrected chi connectivity index (χ0v) is 13.4. The molecule has 2 nitrogen and oxygen atoms in total. The van der Waals surface area contributed by atoms with Gasteiger partial charge in [0.15, 0.2) is 0 Å². The van der Waals surface area contributed by atoms with Gasteiger partial charge in [-0.05, 0) is 58.1 Å². The topological polar surface area (TPSA) is 21.3 Å². The molecule has 1 aromatic rings. The summed E-state index contributed by atoms with van der Waals surface area (Å²) < 4.78 is 6.33. The monoisotopic (exact) mass is 275 g/mol. The van der Waals surface area contributed by atoms with Crippen LogP contribution in [0.3, 0.4) is 0 Å². The first kappa shape index (κ1) is 15.5. The predicted molar refractivity (Wildman–Crippen MR) is 85.1 cm³/mol. The molecule has 20 heavy (non-hydrogen) atoms. The van der Waals surface area contributed by atoms with Crippen LogP contribution in [-0.2, 0) is 4.74 Å². The van der Waals surface area contributed by atoms with Crippen LogP contribution >= 0.6 is 0 Å². The average molecular weight is 275 g/mol. The predicted octanol–water partition coefficient (Wildman–Crippen LogP) is 4.12. The SMILES string of the molecule is CCNC1CCC(c2ccccc2)CC1OC(C)(C)C. The van der Waals surface area contributed by atoms with Crippen molar-refractivity contribution < 1.29 is 4.74 Å². The first-order valence-corrected chi connectivity index (χ1v) is 7.95. The van der Waals surface area contributed by atoms with E-state index in [1.54, 1.807) is 0 Å². The van der Waals surface area contributed by atoms with E-state index >= 15 is 0 Å². The van der Waals surface area contributed by atoms with Crippen LogP contribution in [0, 0.1) is 0 Å². The van der Waals surface area contributed by atoms with Gasteiger partial charge in [-0.15, -0.1) is 0 Å². The molecule has 0 amide bonds. The van der Waals surface area contributed by atoms with E-state index < -0.39 is 0 Å². The first-order valence-electron chi connectivity index (χ1n) is 7.95. The maximum Gasteiger partial charge on any atom is 0.0740 e. The average Bonchev–Trinajstić information content (AvgIpc) is 2.40. The van der Waals surface area contributed by atoms with E-state index in [2.05, 4.69) is 63.3 Å². The molecule has 3 unspecified atom stereocenters. The Morgan fingerprint density at radius 1 is 1.15 bits per heavy atom. The third-order valence-electron chi connectivity index (χ3n) is 4.03. The molecule has 0 aromatic heterocycles. The van der Waals surface area contributed by atoms with Crippen LogP contribution in [-0.4, -0.2) is 24.3 Å². The summed E-state index contributed by atoms with van der Waals surface area (Å²) in [6.45, 7) is 9.66. The number of ether oxygens (including phenoxy) is 1. The molecule has 112 valence electrons. The van der Waals surface area contributed by atoms with Crippen LogP contribution in [0.5, 0.6) is 0 Å². The van der Waals surface area contributed by atoms with Crippen LogP contribution < -0.4 is 5.32 Å². The Balaban J connectivity index is 2.07. The highest BCUT2D eigenvalue weighted by Gasteiger charge is 2.33. The minimum Gasteiger partial charge on any atom is -0.371 e. The van der Waals surface area contributed by atoms with Crippen molar-refractivity contribution in [2.45, 2.75) is 70.6 Å². The van der Waals surface area contributed by atoms with Crippen molar-refractivity contribution in [2.24, 2.45) is 0 Å². The van der Waals surface area contributed by atoms with Crippen molar-refractivity contribution in [1.29, 1.82) is 0 Å². The summed E-state index contributed by atoms with van der Waals surface area (Å²) in [6.07, 6.45) is 3.90. The zero-order valence-electron chi connectivity index (χ0n) is 13.4. The minimum atomic E-state index is -0.0725. The van der Waals surface area contributed by atoms with Gasteiger partial charge in [0, 0.05) is 6.04 Å². The van der Waals surface area contributed by atoms with Gasteiger partial charge in [0.1, 0.15) is 0 Å². The number of likely N-dealkylation sites (N-methyl/N-ethyl adjacent to an activating group) is 1. The summed E-state index contributed by atoms with van der Waals surface area (Å²) in [5.41, 5.74) is 1.39. The Hall–Kier alpha value is -0.860. The molecule has 2 heteroatoms. The fourth-order valence-corrected chi connectivity index (χ4v) is 3.24. The van der Waals surface area contributed by atoms with Gasteiger partial charge in [0.25, 0.3) is 0 Å². The van der Waals surface area contributed by atoms with Gasteiger partial charge in [-0.25, -0.2) is 0 Å². The molecule has 1 aliphatic rings. The van der Waals surface area contributed by atoms with Crippen molar-refractivity contribution in [3.05, 3.63) is 35.9 Å². The Kier molecular flexibility index (Phi) is 5.22. The van der Waals surface area contributed by atoms with Gasteiger partial charge < -0.3 is 10.1 Å². The molecule has 0 heterocycles. The van der Waals surface area contributed by atoms with E-state index in [-0.39, 0.29) is 5.60 Å². The van der Waals surface area contributed by atoms with Gasteiger partial charge in [-0.1, -0.05) is 37.3 Å². The molecule has 0 spiro atoms. The highest BCUT2D eigenvalue weighted by molar-refractivity contribution is 5.20. The second-order valence-corrected chi connectivity index (χ2v) is 6.85. The molecule has 1 fully saturated rings. The van der Waals surface area contributed by atoms with Gasteiger partial charge in [0.05, 0.1) is 11.7 Å². The van der Waals surface area contributed by atoms with Crippen molar-refractivity contribution in [3.8, 4) is 0 Å². The van der Waals surface area contributed by atoms with Crippen LogP contribution in [0.4, 0.5) is 0 Å². The van der Waals surface area contributed by atoms with Gasteiger partial charge in [-0.3, -0.25) is 0 Å². The number of rotatable bonds is 4. The fourth-order valence-electron chi connectivity index (χ4n) is 3.24. The number of hydrogen-bond acceptors (Lipinski definition) is 2. The smallest absolute Gasteiger partial charge is 0.0740 e. The van der Waals surface area contributed by atoms with E-state index in [1.165, 1.54) is 18.4 Å². The lowest BCUT2D eigenvalue weighted by Crippen LogP contribution is -2.47. The largest absolute Gasteiger partial charge is 0.371 e. The Morgan fingerprint density at radius 3 is 2.45 bits per heavy atom. The van der Waals surface area contributed by atoms with Crippen molar-refractivity contribution in [2.75, 3.05) is 6.54 Å². The summed E-state index contributed by atoms with van der Waals surface area (Å²) >= 11 is 0. The molecule has 1 aliphatic carbocycles. The maximum absolute atomic E-state index is 6.33. The molecule has 1 saturated carbocycles. The Labute approximate surface area is 123 Å². The summed E-state index contributed by atoms with van der Waals surface area (Å²) in [4.78, 5) is 0. The van der Waals surface area contributed by atoms with E-state index in [1.807, 2.05) is 0 Å². The minimum absolute atomic E-state index is 0.0725. The summed E-state index contributed by atoms with van der Waals surface area (Å²) in [6, 6.07) is 11.4. The molecular weight excluding hydrogens is 246 g/mol. The van der Waals surface area contributed by atoms with Gasteiger partial charge >= 0.3 is 0 Å². The lowest BCUT2D eigenvalue weighted by Gasteiger charge is -2.40. The van der Waals surface area contributed by atoms with Crippen LogP contribution in [0.15, 0.2) is 30.3 Å². The van der Waals surface area contributed by atoms with Crippen molar-refractivity contribution in [1.82, 2.24) is 5.32 Å². The third kappa shape index (κ3) is 4.32. The standard InChI is InChI=1S/C18H29NO/c1-5-19-16-12-11-15(14-9-7-6-8-10-14)13-17(16)20-18(2,3)4/h6-10,15-17,19H,5,11-13H2,1-4H3. The van der Waals surface area contributed by atoms with Crippen LogP contribution in [0.1, 0.15) is 58.4 Å². The normalized spacial score (nSPS) is 27.5. The number of nitrogens with one attached hydrogen (secondary N) is 1. The van der Waals surface area contributed by atoms with E-state index in [9.17, 15) is 0 Å². The molecule has 3 atom stereocenters. The van der Waals surface area contributed by atoms with Crippen molar-refractivity contribution in [3.63, 3.8) is 0 Å². The zero-order chi connectivity index (χ0) is 14.6. The molecule has 0 saturated heterocycles. The molecule has 1 aromatic carbocycles. The van der Waals surface area contributed by atoms with Gasteiger partial charge in [0.2, 0.25) is 0 Å². The molecule has 0 bridgehead atoms. The van der Waals surface area contributed by atoms with Crippen molar-refractivity contribution >= 4 is 0 Å². The summed E-state index contributed by atoms with van der Waals surface area (Å²) in [7, 11) is 0. The van der Waals surface area contributed by atoms with E-state index in [0.717, 1.165) is 13.0 Å². The van der Waals surface area contributed by atoms with Gasteiger partial charge in [-0.2, -0.15) is 0 Å². The highest BCUT2D eigenvalue weighted by atomic mass is 16.5. The number of hydrogen-bond donors (Lipinski definition) is 1. The second-order valence-electron chi connectivity index (χ2n) is 6.85. The van der Waals surface area contributed by atoms with Crippen LogP contribution in [0.2, 0.25) is 0 Å². The lowest BCUT2D eigenvalue weighted by atomic mass is 9.79. The molecule has 0 aliphatic heterocycles. The third-order valence-corrected chi connectivity index (χ3v) is 4.03. The molecule has 2 rings (SSSR count). The van der Waals surface area contributed by atoms with E-state index in [4.69, 9.17) is 4.74 Å². The highest BCUT2D eigenvalue weighted by Crippen LogP contribution is 2.35. The van der Waals surface area contributed by atoms with E-state index in [0.29, 0.717) is 18.1 Å². The molecule has 0 radical (unpaired) electrons.